The summed E-state index contributed by atoms with van der Waals surface area (Å²) in [7, 11) is 0. The van der Waals surface area contributed by atoms with Gasteiger partial charge in [-0.3, -0.25) is 19.2 Å². The lowest BCUT2D eigenvalue weighted by Crippen LogP contribution is -2.04. The van der Waals surface area contributed by atoms with Crippen LogP contribution in [0.15, 0.2) is 71.1 Å². The van der Waals surface area contributed by atoms with E-state index in [-0.39, 0.29) is 39.1 Å². The van der Waals surface area contributed by atoms with Gasteiger partial charge in [0.25, 0.3) is 5.70 Å². The Morgan fingerprint density at radius 2 is 0.720 bits per heavy atom. The number of halogens is 4. The van der Waals surface area contributed by atoms with E-state index in [2.05, 4.69) is 95.5 Å². The number of aromatic nitrogens is 4. The molecule has 0 unspecified atom stereocenters. The summed E-state index contributed by atoms with van der Waals surface area (Å²) >= 11 is 9.84. The Morgan fingerprint density at radius 3 is 0.989 bits per heavy atom. The molecular formula is C72H59F4N7O4S6. The predicted octanol–water partition coefficient (Wildman–Crippen LogP) is 21.9. The largest absolute Gasteiger partial charge is 0.337 e. The van der Waals surface area contributed by atoms with Gasteiger partial charge in [0.1, 0.15) is 0 Å². The third-order valence-corrected chi connectivity index (χ3v) is 24.4. The molecule has 0 radical (unpaired) electrons. The first-order chi connectivity index (χ1) is 44.5. The average Bonchev–Trinajstić information content (AvgIpc) is 1.54. The molecule has 10 heterocycles. The number of aryl methyl sites for hydroxylation is 4. The number of benzene rings is 2. The van der Waals surface area contributed by atoms with E-state index in [0.717, 1.165) is 114 Å². The zero-order valence-electron chi connectivity index (χ0n) is 52.1. The minimum atomic E-state index is -1.19. The van der Waals surface area contributed by atoms with E-state index in [1.165, 1.54) is 75.7 Å². The fraction of sp³-hybridized carbons (Fsp3) is 0.292. The van der Waals surface area contributed by atoms with Crippen LogP contribution >= 0.6 is 68.0 Å². The van der Waals surface area contributed by atoms with E-state index in [4.69, 9.17) is 13.1 Å². The number of hydrogen-bond acceptors (Lipinski definition) is 11. The Bertz CT molecular complexity index is 5210. The first-order valence-corrected chi connectivity index (χ1v) is 35.5. The fourth-order valence-electron chi connectivity index (χ4n) is 12.4. The number of nitriles is 1. The molecule has 0 N–H and O–H groups in total. The molecule has 10 aromatic heterocycles. The van der Waals surface area contributed by atoms with Crippen LogP contribution < -0.4 is 0 Å². The summed E-state index contributed by atoms with van der Waals surface area (Å²) in [5.74, 6) is -5.30. The molecule has 0 saturated heterocycles. The summed E-state index contributed by atoms with van der Waals surface area (Å²) in [5, 5.41) is 9.29. The third-order valence-electron chi connectivity index (χ3n) is 17.1. The highest BCUT2D eigenvalue weighted by atomic mass is 32.1. The summed E-state index contributed by atoms with van der Waals surface area (Å²) in [5.41, 5.74) is 9.16. The average molecular weight is 1350 g/mol. The number of carbonyl (C=O) groups excluding carboxylic acids is 4. The van der Waals surface area contributed by atoms with Crippen molar-refractivity contribution in [3.8, 4) is 6.07 Å². The van der Waals surface area contributed by atoms with Gasteiger partial charge < -0.3 is 18.3 Å². The lowest BCUT2D eigenvalue weighted by atomic mass is 10.1. The van der Waals surface area contributed by atoms with Crippen molar-refractivity contribution in [2.45, 2.75) is 114 Å². The predicted molar refractivity (Wildman–Crippen MR) is 376 cm³/mol. The molecular weight excluding hydrogens is 1300 g/mol. The second-order valence-electron chi connectivity index (χ2n) is 25.4. The first kappa shape index (κ1) is 63.4. The molecule has 11 nitrogen and oxygen atoms in total. The number of thiophene rings is 6. The molecule has 0 aliphatic heterocycles. The van der Waals surface area contributed by atoms with E-state index in [0.29, 0.717) is 52.2 Å². The number of hydrogen-bond donors (Lipinski definition) is 0. The van der Waals surface area contributed by atoms with Gasteiger partial charge in [-0.1, -0.05) is 55.4 Å². The second kappa shape index (κ2) is 24.5. The lowest BCUT2D eigenvalue weighted by molar-refractivity contribution is 0.0975. The zero-order valence-corrected chi connectivity index (χ0v) is 57.0. The minimum Gasteiger partial charge on any atom is -0.337 e. The molecule has 0 amide bonds. The molecule has 93 heavy (non-hydrogen) atoms. The van der Waals surface area contributed by atoms with Gasteiger partial charge in [-0.2, -0.15) is 0 Å². The van der Waals surface area contributed by atoms with Crippen molar-refractivity contribution in [1.82, 2.24) is 18.3 Å². The van der Waals surface area contributed by atoms with Crippen molar-refractivity contribution in [3.63, 3.8) is 0 Å². The number of Topliss-reactive ketones (excluding diaryl/α,β-unsaturated/α-hetero) is 4. The molecule has 2 aliphatic rings. The maximum absolute atomic E-state index is 14.0. The molecule has 12 aromatic rings. The van der Waals surface area contributed by atoms with E-state index in [9.17, 15) is 42.0 Å². The monoisotopic (exact) mass is 1350 g/mol. The van der Waals surface area contributed by atoms with Crippen molar-refractivity contribution in [1.29, 1.82) is 5.26 Å². The number of ketones is 4. The van der Waals surface area contributed by atoms with Crippen molar-refractivity contribution in [3.05, 3.63) is 159 Å². The Balaban J connectivity index is 0.000000182. The molecule has 2 aromatic carbocycles. The highest BCUT2D eigenvalue weighted by molar-refractivity contribution is 7.35. The summed E-state index contributed by atoms with van der Waals surface area (Å²) < 4.78 is 74.9. The van der Waals surface area contributed by atoms with Gasteiger partial charge in [0.2, 0.25) is 0 Å². The van der Waals surface area contributed by atoms with E-state index in [1.807, 2.05) is 42.5 Å². The number of rotatable bonds is 16. The van der Waals surface area contributed by atoms with Gasteiger partial charge in [-0.05, 0) is 129 Å². The molecule has 0 bridgehead atoms. The van der Waals surface area contributed by atoms with Crippen molar-refractivity contribution in [2.24, 2.45) is 23.7 Å². The van der Waals surface area contributed by atoms with Crippen LogP contribution in [0.25, 0.3) is 116 Å². The van der Waals surface area contributed by atoms with E-state index in [1.54, 1.807) is 40.1 Å². The first-order valence-electron chi connectivity index (χ1n) is 30.6. The minimum absolute atomic E-state index is 0.117. The number of fused-ring (bicyclic) bond motifs is 16. The van der Waals surface area contributed by atoms with Crippen LogP contribution in [0, 0.1) is 71.4 Å². The van der Waals surface area contributed by atoms with Gasteiger partial charge in [0.05, 0.1) is 112 Å². The molecule has 470 valence electrons. The zero-order chi connectivity index (χ0) is 65.9. The SMILES string of the molecule is CC(C)CCn1c2cc(C=C3C(=O)c4cc(F)c(F)cc4C3=O)sc2c2sc3c4sc(C=C5C(=O)c6cc(F)c(F)cc6C5=O)cc4n(CCC(C)C)c3c21.[C-]#[N+]/C(C)=C\c1cc2c(s1)c1sc3c4sc(/C=C(\C#N)[N+]#[C-])cc4n(CCC(C)C)c3c1n2CCC(C)C. The van der Waals surface area contributed by atoms with Crippen LogP contribution in [0.3, 0.4) is 0 Å². The van der Waals surface area contributed by atoms with Crippen LogP contribution in [0.1, 0.15) is 149 Å². The summed E-state index contributed by atoms with van der Waals surface area (Å²) in [4.78, 5) is 63.2. The third kappa shape index (κ3) is 11.0. The fourth-order valence-corrected chi connectivity index (χ4v) is 20.0. The van der Waals surface area contributed by atoms with Crippen molar-refractivity contribution in [2.75, 3.05) is 0 Å². The molecule has 2 aliphatic carbocycles. The molecule has 0 saturated carbocycles. The van der Waals surface area contributed by atoms with Gasteiger partial charge in [-0.15, -0.1) is 68.0 Å². The van der Waals surface area contributed by atoms with Gasteiger partial charge in [0.15, 0.2) is 52.1 Å². The van der Waals surface area contributed by atoms with Crippen LogP contribution in [0.2, 0.25) is 0 Å². The van der Waals surface area contributed by atoms with Gasteiger partial charge >= 0.3 is 0 Å². The smallest absolute Gasteiger partial charge is 0.263 e. The molecule has 0 fully saturated rings. The van der Waals surface area contributed by atoms with Crippen LogP contribution in [0.4, 0.5) is 17.6 Å². The molecule has 0 spiro atoms. The van der Waals surface area contributed by atoms with Gasteiger partial charge in [-0.25, -0.2) is 32.5 Å². The normalized spacial score (nSPS) is 13.9. The Labute approximate surface area is 556 Å². The Kier molecular flexibility index (Phi) is 16.7. The van der Waals surface area contributed by atoms with E-state index < -0.39 is 46.4 Å². The Morgan fingerprint density at radius 1 is 0.441 bits per heavy atom. The van der Waals surface area contributed by atoms with Crippen LogP contribution in [-0.2, 0) is 26.2 Å². The van der Waals surface area contributed by atoms with Gasteiger partial charge in [0, 0.05) is 67.9 Å². The highest BCUT2D eigenvalue weighted by Gasteiger charge is 2.37. The Hall–Kier alpha value is -8.33. The van der Waals surface area contributed by atoms with E-state index >= 15 is 0 Å². The summed E-state index contributed by atoms with van der Waals surface area (Å²) in [6, 6.07) is 13.5. The van der Waals surface area contributed by atoms with Crippen LogP contribution in [-0.4, -0.2) is 41.4 Å². The molecule has 0 atom stereocenters. The number of nitrogens with zero attached hydrogens (tertiary/aromatic N) is 7. The number of carbonyl (C=O) groups is 4. The lowest BCUT2D eigenvalue weighted by Gasteiger charge is -2.12. The molecule has 21 heteroatoms. The summed E-state index contributed by atoms with van der Waals surface area (Å²) in [6.45, 7) is 37.5. The summed E-state index contributed by atoms with van der Waals surface area (Å²) in [6.07, 6.45) is 10.7. The standard InChI is InChI=1S/C42H30F4N2O4S3.C30H29N5S3/c1-17(2)5-7-47-31-11-19(9-25-35(49)21-13-27(43)28(44)14-22(21)36(25)50)53-39(31)41-33(47)34-42(55-41)40-32(48(34)8-6-18(3)4)12-20(54-40)10-26-37(51)23-15-29(45)30(46)16-24(23)38(26)52;1-17(2)8-10-34-23-14-21(12-19(5)32-6)36-27(23)29-25(34)26-30(38-29)28-24(35(26)11-9-18(3)4)15-22(37-28)13-20(16-31)33-7/h9-18H,5-8H2,1-4H3;12-15,17-18H,8-11H2,1-5H3/b;19-12-,20-13+. The quantitative estimate of drug-likeness (QED) is 0.0314. The maximum Gasteiger partial charge on any atom is 0.263 e. The maximum atomic E-state index is 14.0. The second-order valence-corrected chi connectivity index (χ2v) is 31.8. The van der Waals surface area contributed by atoms with Crippen molar-refractivity contribution < 1.29 is 36.7 Å². The van der Waals surface area contributed by atoms with Crippen molar-refractivity contribution >= 4 is 197 Å². The highest BCUT2D eigenvalue weighted by Crippen LogP contribution is 2.52. The molecule has 14 rings (SSSR count). The van der Waals surface area contributed by atoms with Crippen LogP contribution in [0.5, 0.6) is 0 Å². The number of allylic oxidation sites excluding steroid dienone is 4. The topological polar surface area (TPSA) is 121 Å².